The summed E-state index contributed by atoms with van der Waals surface area (Å²) in [7, 11) is 0. The molecule has 1 N–H and O–H groups in total. The van der Waals surface area contributed by atoms with Crippen LogP contribution in [0.1, 0.15) is 70.4 Å². The third-order valence-corrected chi connectivity index (χ3v) is 10.2. The van der Waals surface area contributed by atoms with Crippen LogP contribution in [-0.2, 0) is 23.9 Å². The highest BCUT2D eigenvalue weighted by Crippen LogP contribution is 2.71. The molecule has 0 aliphatic heterocycles. The zero-order chi connectivity index (χ0) is 28.4. The number of ether oxygens (including phenoxy) is 2. The van der Waals surface area contributed by atoms with Gasteiger partial charge in [0.05, 0.1) is 12.4 Å². The molecule has 0 amide bonds. The summed E-state index contributed by atoms with van der Waals surface area (Å²) < 4.78 is 34.0. The highest BCUT2D eigenvalue weighted by Gasteiger charge is 2.77. The van der Waals surface area contributed by atoms with Crippen molar-refractivity contribution in [2.24, 2.45) is 28.6 Å². The summed E-state index contributed by atoms with van der Waals surface area (Å²) in [5.41, 5.74) is -5.61. The zero-order valence-corrected chi connectivity index (χ0v) is 22.7. The fraction of sp³-hybridized carbons (Fsp3) is 0.600. The number of ketones is 2. The lowest BCUT2D eigenvalue weighted by Crippen LogP contribution is -2.70. The molecule has 8 atom stereocenters. The number of Topliss-reactive ketones (excluding diaryl/α,β-unsaturated/α-hetero) is 1. The molecule has 39 heavy (non-hydrogen) atoms. The van der Waals surface area contributed by atoms with Crippen LogP contribution >= 0.6 is 0 Å². The second kappa shape index (κ2) is 9.25. The molecule has 4 aliphatic carbocycles. The number of hydrogen-bond donors (Lipinski definition) is 1. The minimum absolute atomic E-state index is 0.0670. The van der Waals surface area contributed by atoms with Crippen molar-refractivity contribution in [2.45, 2.75) is 77.2 Å². The number of halogens is 1. The Labute approximate surface area is 226 Å². The van der Waals surface area contributed by atoms with Gasteiger partial charge in [0.1, 0.15) is 0 Å². The molecule has 1 heterocycles. The molecular formula is C30H35FO8. The van der Waals surface area contributed by atoms with Crippen molar-refractivity contribution in [1.29, 1.82) is 0 Å². The molecule has 1 aromatic heterocycles. The number of furan rings is 1. The third-order valence-electron chi connectivity index (χ3n) is 10.2. The average molecular weight is 543 g/mol. The maximum atomic E-state index is 17.5. The molecule has 0 spiro atoms. The first-order valence-corrected chi connectivity index (χ1v) is 13.6. The molecule has 8 nitrogen and oxygen atoms in total. The van der Waals surface area contributed by atoms with E-state index < -0.39 is 70.3 Å². The Balaban J connectivity index is 1.59. The second-order valence-corrected chi connectivity index (χ2v) is 11.9. The van der Waals surface area contributed by atoms with Crippen molar-refractivity contribution in [3.63, 3.8) is 0 Å². The summed E-state index contributed by atoms with van der Waals surface area (Å²) in [6.45, 7) is 6.26. The first-order chi connectivity index (χ1) is 18.3. The molecule has 3 fully saturated rings. The number of aliphatic hydroxyl groups is 1. The Bertz CT molecular complexity index is 1270. The molecule has 0 radical (unpaired) electrons. The van der Waals surface area contributed by atoms with E-state index in [9.17, 15) is 24.3 Å². The van der Waals surface area contributed by atoms with Crippen molar-refractivity contribution in [2.75, 3.05) is 6.61 Å². The molecule has 4 aliphatic rings. The Kier molecular flexibility index (Phi) is 6.52. The van der Waals surface area contributed by atoms with E-state index in [-0.39, 0.29) is 24.4 Å². The summed E-state index contributed by atoms with van der Waals surface area (Å²) in [4.78, 5) is 51.3. The standard InChI is InChI=1S/C30H35FO8/c1-5-25(35)38-16-24(34)30(39-26(36)22-7-6-12-37-22)17(2)13-21-20-9-8-18-14-19(32)10-11-27(18,3)29(20,31)23(33)15-28(21,30)4/h6-7,10-12,14,17,20-21,23,33H,5,8-9,13,15-16H2,1-4H3/t17-,20?,21?,23?,27?,28?,29+,30+/m1/s1. The largest absolute Gasteiger partial charge is 0.457 e. The van der Waals surface area contributed by atoms with Crippen LogP contribution in [0.4, 0.5) is 4.39 Å². The number of aliphatic hydroxyl groups excluding tert-OH is 1. The third kappa shape index (κ3) is 3.65. The summed E-state index contributed by atoms with van der Waals surface area (Å²) >= 11 is 0. The number of fused-ring (bicyclic) bond motifs is 5. The van der Waals surface area contributed by atoms with Gasteiger partial charge in [-0.15, -0.1) is 0 Å². The van der Waals surface area contributed by atoms with E-state index in [2.05, 4.69) is 0 Å². The van der Waals surface area contributed by atoms with Crippen LogP contribution in [0, 0.1) is 28.6 Å². The maximum absolute atomic E-state index is 17.5. The average Bonchev–Trinajstić information content (AvgIpc) is 3.51. The van der Waals surface area contributed by atoms with E-state index in [1.165, 1.54) is 30.5 Å². The van der Waals surface area contributed by atoms with Gasteiger partial charge >= 0.3 is 11.9 Å². The topological polar surface area (TPSA) is 120 Å². The molecule has 210 valence electrons. The number of alkyl halides is 1. The first kappa shape index (κ1) is 27.5. The van der Waals surface area contributed by atoms with Crippen LogP contribution < -0.4 is 0 Å². The molecule has 5 unspecified atom stereocenters. The highest BCUT2D eigenvalue weighted by molar-refractivity contribution is 6.01. The van der Waals surface area contributed by atoms with Gasteiger partial charge in [0.25, 0.3) is 0 Å². The van der Waals surface area contributed by atoms with E-state index in [4.69, 9.17) is 13.9 Å². The number of rotatable bonds is 6. The number of allylic oxidation sites excluding steroid dienone is 4. The van der Waals surface area contributed by atoms with Crippen molar-refractivity contribution < 1.29 is 42.6 Å². The van der Waals surface area contributed by atoms with Crippen molar-refractivity contribution in [1.82, 2.24) is 0 Å². The molecule has 9 heteroatoms. The Morgan fingerprint density at radius 2 is 1.97 bits per heavy atom. The number of carbonyl (C=O) groups is 4. The fourth-order valence-electron chi connectivity index (χ4n) is 8.35. The summed E-state index contributed by atoms with van der Waals surface area (Å²) in [6, 6.07) is 2.95. The SMILES string of the molecule is CCC(=O)OCC(=O)[C@@]1(OC(=O)c2ccco2)[C@H](C)CC2C3CCC4=CC(=O)C=CC4(C)[C@@]3(F)C(O)CC21C. The summed E-state index contributed by atoms with van der Waals surface area (Å²) in [6.07, 6.45) is 5.28. The first-order valence-electron chi connectivity index (χ1n) is 13.6. The smallest absolute Gasteiger partial charge is 0.375 e. The molecule has 3 saturated carbocycles. The van der Waals surface area contributed by atoms with Crippen LogP contribution in [0.2, 0.25) is 0 Å². The van der Waals surface area contributed by atoms with E-state index in [1.54, 1.807) is 33.8 Å². The van der Waals surface area contributed by atoms with Crippen molar-refractivity contribution in [3.05, 3.63) is 48.0 Å². The van der Waals surface area contributed by atoms with E-state index in [0.717, 1.165) is 0 Å². The minimum Gasteiger partial charge on any atom is -0.457 e. The number of esters is 2. The summed E-state index contributed by atoms with van der Waals surface area (Å²) in [5, 5.41) is 11.6. The number of carbonyl (C=O) groups excluding carboxylic acids is 4. The van der Waals surface area contributed by atoms with Gasteiger partial charge < -0.3 is 19.0 Å². The lowest BCUT2D eigenvalue weighted by Gasteiger charge is -2.62. The van der Waals surface area contributed by atoms with Crippen LogP contribution in [-0.4, -0.2) is 52.6 Å². The molecular weight excluding hydrogens is 507 g/mol. The Morgan fingerprint density at radius 1 is 1.23 bits per heavy atom. The van der Waals surface area contributed by atoms with Gasteiger partial charge in [-0.1, -0.05) is 32.4 Å². The van der Waals surface area contributed by atoms with Gasteiger partial charge in [0, 0.05) is 29.1 Å². The van der Waals surface area contributed by atoms with E-state index >= 15 is 4.39 Å². The molecule has 0 saturated heterocycles. The van der Waals surface area contributed by atoms with E-state index in [0.29, 0.717) is 24.8 Å². The molecule has 0 aromatic carbocycles. The Morgan fingerprint density at radius 3 is 2.64 bits per heavy atom. The van der Waals surface area contributed by atoms with Gasteiger partial charge in [0.15, 0.2) is 23.7 Å². The van der Waals surface area contributed by atoms with Gasteiger partial charge in [-0.2, -0.15) is 0 Å². The number of hydrogen-bond acceptors (Lipinski definition) is 8. The van der Waals surface area contributed by atoms with Crippen LogP contribution in [0.15, 0.2) is 46.6 Å². The predicted molar refractivity (Wildman–Crippen MR) is 136 cm³/mol. The highest BCUT2D eigenvalue weighted by atomic mass is 19.1. The molecule has 1 aromatic rings. The van der Waals surface area contributed by atoms with Gasteiger partial charge in [0.2, 0.25) is 11.5 Å². The normalized spacial score (nSPS) is 40.7. The molecule has 0 bridgehead atoms. The lowest BCUT2D eigenvalue weighted by atomic mass is 9.44. The second-order valence-electron chi connectivity index (χ2n) is 11.9. The zero-order valence-electron chi connectivity index (χ0n) is 22.7. The minimum atomic E-state index is -2.10. The Hall–Kier alpha value is -3.07. The van der Waals surface area contributed by atoms with Gasteiger partial charge in [-0.05, 0) is 62.8 Å². The maximum Gasteiger partial charge on any atom is 0.375 e. The van der Waals surface area contributed by atoms with Crippen molar-refractivity contribution in [3.8, 4) is 0 Å². The van der Waals surface area contributed by atoms with Gasteiger partial charge in [-0.3, -0.25) is 14.4 Å². The van der Waals surface area contributed by atoms with Crippen LogP contribution in [0.3, 0.4) is 0 Å². The van der Waals surface area contributed by atoms with Crippen LogP contribution in [0.25, 0.3) is 0 Å². The summed E-state index contributed by atoms with van der Waals surface area (Å²) in [5.74, 6) is -4.03. The molecule has 5 rings (SSSR count). The van der Waals surface area contributed by atoms with Crippen LogP contribution in [0.5, 0.6) is 0 Å². The lowest BCUT2D eigenvalue weighted by molar-refractivity contribution is -0.220. The van der Waals surface area contributed by atoms with Crippen molar-refractivity contribution >= 4 is 23.5 Å². The quantitative estimate of drug-likeness (QED) is 0.528. The fourth-order valence-corrected chi connectivity index (χ4v) is 8.35. The van der Waals surface area contributed by atoms with E-state index in [1.807, 2.05) is 0 Å². The predicted octanol–water partition coefficient (Wildman–Crippen LogP) is 4.31. The van der Waals surface area contributed by atoms with Gasteiger partial charge in [-0.25, -0.2) is 9.18 Å². The monoisotopic (exact) mass is 542 g/mol.